The fourth-order valence-corrected chi connectivity index (χ4v) is 1.90. The number of nitrogens with zero attached hydrogens (tertiary/aromatic N) is 1. The highest BCUT2D eigenvalue weighted by Gasteiger charge is 2.30. The SMILES string of the molecule is COCC1CCN(C(=O)[C@H](N)C(C)C)C1. The van der Waals surface area contributed by atoms with Crippen molar-refractivity contribution in [2.75, 3.05) is 26.8 Å². The molecular formula is C11H22N2O2. The van der Waals surface area contributed by atoms with Crippen molar-refractivity contribution in [3.8, 4) is 0 Å². The fourth-order valence-electron chi connectivity index (χ4n) is 1.90. The van der Waals surface area contributed by atoms with Gasteiger partial charge in [0, 0.05) is 26.1 Å². The Labute approximate surface area is 91.8 Å². The molecular weight excluding hydrogens is 192 g/mol. The van der Waals surface area contributed by atoms with Gasteiger partial charge in [-0.05, 0) is 12.3 Å². The van der Waals surface area contributed by atoms with Crippen molar-refractivity contribution in [1.82, 2.24) is 4.90 Å². The Morgan fingerprint density at radius 3 is 2.80 bits per heavy atom. The number of methoxy groups -OCH3 is 1. The van der Waals surface area contributed by atoms with E-state index >= 15 is 0 Å². The summed E-state index contributed by atoms with van der Waals surface area (Å²) in [5.74, 6) is 0.779. The molecule has 0 aliphatic carbocycles. The third kappa shape index (κ3) is 3.18. The quantitative estimate of drug-likeness (QED) is 0.740. The molecule has 2 N–H and O–H groups in total. The summed E-state index contributed by atoms with van der Waals surface area (Å²) in [5.41, 5.74) is 5.84. The lowest BCUT2D eigenvalue weighted by atomic mass is 10.0. The van der Waals surface area contributed by atoms with Gasteiger partial charge >= 0.3 is 0 Å². The molecule has 88 valence electrons. The van der Waals surface area contributed by atoms with Crippen LogP contribution in [0.25, 0.3) is 0 Å². The van der Waals surface area contributed by atoms with Crippen molar-refractivity contribution < 1.29 is 9.53 Å². The third-order valence-corrected chi connectivity index (χ3v) is 3.00. The standard InChI is InChI=1S/C11H22N2O2/c1-8(2)10(12)11(14)13-5-4-9(6-13)7-15-3/h8-10H,4-7,12H2,1-3H3/t9?,10-/m1/s1. The number of amides is 1. The zero-order chi connectivity index (χ0) is 11.4. The summed E-state index contributed by atoms with van der Waals surface area (Å²) in [6.45, 7) is 6.32. The summed E-state index contributed by atoms with van der Waals surface area (Å²) < 4.78 is 5.09. The maximum atomic E-state index is 11.9. The first-order chi connectivity index (χ1) is 7.06. The van der Waals surface area contributed by atoms with Gasteiger partial charge in [-0.25, -0.2) is 0 Å². The molecule has 0 aromatic rings. The molecule has 0 radical (unpaired) electrons. The van der Waals surface area contributed by atoms with Crippen molar-refractivity contribution >= 4 is 5.91 Å². The molecule has 2 atom stereocenters. The van der Waals surface area contributed by atoms with Gasteiger partial charge in [-0.15, -0.1) is 0 Å². The number of hydrogen-bond donors (Lipinski definition) is 1. The van der Waals surface area contributed by atoms with Crippen molar-refractivity contribution in [1.29, 1.82) is 0 Å². The van der Waals surface area contributed by atoms with E-state index in [1.165, 1.54) is 0 Å². The highest BCUT2D eigenvalue weighted by molar-refractivity contribution is 5.82. The van der Waals surface area contributed by atoms with Crippen LogP contribution in [0.3, 0.4) is 0 Å². The molecule has 1 rings (SSSR count). The normalized spacial score (nSPS) is 23.5. The Morgan fingerprint density at radius 1 is 1.60 bits per heavy atom. The minimum atomic E-state index is -0.355. The van der Waals surface area contributed by atoms with Crippen LogP contribution in [0.15, 0.2) is 0 Å². The highest BCUT2D eigenvalue weighted by atomic mass is 16.5. The average Bonchev–Trinajstić information content (AvgIpc) is 2.64. The third-order valence-electron chi connectivity index (χ3n) is 3.00. The van der Waals surface area contributed by atoms with E-state index in [0.717, 1.165) is 26.1 Å². The largest absolute Gasteiger partial charge is 0.384 e. The molecule has 0 spiro atoms. The lowest BCUT2D eigenvalue weighted by Crippen LogP contribution is -2.45. The number of carbonyl (C=O) groups is 1. The second kappa shape index (κ2) is 5.47. The monoisotopic (exact) mass is 214 g/mol. The van der Waals surface area contributed by atoms with Gasteiger partial charge < -0.3 is 15.4 Å². The molecule has 1 fully saturated rings. The van der Waals surface area contributed by atoms with Gasteiger partial charge in [0.1, 0.15) is 0 Å². The number of hydrogen-bond acceptors (Lipinski definition) is 3. The molecule has 1 saturated heterocycles. The summed E-state index contributed by atoms with van der Waals surface area (Å²) in [4.78, 5) is 13.8. The Kier molecular flexibility index (Phi) is 4.54. The molecule has 4 heteroatoms. The molecule has 15 heavy (non-hydrogen) atoms. The predicted octanol–water partition coefficient (Wildman–Crippen LogP) is 0.465. The van der Waals surface area contributed by atoms with E-state index in [2.05, 4.69) is 0 Å². The molecule has 1 amide bonds. The molecule has 1 unspecified atom stereocenters. The van der Waals surface area contributed by atoms with E-state index in [0.29, 0.717) is 5.92 Å². The van der Waals surface area contributed by atoms with Crippen LogP contribution >= 0.6 is 0 Å². The van der Waals surface area contributed by atoms with Crippen LogP contribution in [0.2, 0.25) is 0 Å². The number of carbonyl (C=O) groups excluding carboxylic acids is 1. The number of ether oxygens (including phenoxy) is 1. The van der Waals surface area contributed by atoms with E-state index in [9.17, 15) is 4.79 Å². The molecule has 0 saturated carbocycles. The van der Waals surface area contributed by atoms with Crippen LogP contribution in [0.5, 0.6) is 0 Å². The zero-order valence-electron chi connectivity index (χ0n) is 9.90. The number of likely N-dealkylation sites (tertiary alicyclic amines) is 1. The lowest BCUT2D eigenvalue weighted by molar-refractivity contribution is -0.132. The van der Waals surface area contributed by atoms with Crippen molar-refractivity contribution in [2.45, 2.75) is 26.3 Å². The van der Waals surface area contributed by atoms with Crippen molar-refractivity contribution in [3.63, 3.8) is 0 Å². The summed E-state index contributed by atoms with van der Waals surface area (Å²) >= 11 is 0. The van der Waals surface area contributed by atoms with E-state index in [1.54, 1.807) is 7.11 Å². The first-order valence-electron chi connectivity index (χ1n) is 5.59. The Morgan fingerprint density at radius 2 is 2.27 bits per heavy atom. The van der Waals surface area contributed by atoms with E-state index in [-0.39, 0.29) is 17.9 Å². The summed E-state index contributed by atoms with van der Waals surface area (Å²) in [7, 11) is 1.70. The number of nitrogens with two attached hydrogens (primary N) is 1. The van der Waals surface area contributed by atoms with E-state index in [1.807, 2.05) is 18.7 Å². The summed E-state index contributed by atoms with van der Waals surface area (Å²) in [5, 5.41) is 0. The minimum absolute atomic E-state index is 0.0867. The molecule has 1 aliphatic heterocycles. The summed E-state index contributed by atoms with van der Waals surface area (Å²) in [6.07, 6.45) is 1.03. The first-order valence-corrected chi connectivity index (χ1v) is 5.59. The average molecular weight is 214 g/mol. The van der Waals surface area contributed by atoms with E-state index in [4.69, 9.17) is 10.5 Å². The summed E-state index contributed by atoms with van der Waals surface area (Å²) in [6, 6.07) is -0.355. The van der Waals surface area contributed by atoms with Crippen molar-refractivity contribution in [2.24, 2.45) is 17.6 Å². The lowest BCUT2D eigenvalue weighted by Gasteiger charge is -2.23. The fraction of sp³-hybridized carbons (Fsp3) is 0.909. The molecule has 0 aromatic carbocycles. The van der Waals surface area contributed by atoms with Gasteiger partial charge in [0.15, 0.2) is 0 Å². The van der Waals surface area contributed by atoms with Gasteiger partial charge in [-0.3, -0.25) is 4.79 Å². The number of rotatable bonds is 4. The zero-order valence-corrected chi connectivity index (χ0v) is 9.90. The van der Waals surface area contributed by atoms with Crippen molar-refractivity contribution in [3.05, 3.63) is 0 Å². The van der Waals surface area contributed by atoms with Gasteiger partial charge in [0.2, 0.25) is 5.91 Å². The molecule has 4 nitrogen and oxygen atoms in total. The van der Waals surface area contributed by atoms with Crippen LogP contribution < -0.4 is 5.73 Å². The second-order valence-corrected chi connectivity index (χ2v) is 4.66. The van der Waals surface area contributed by atoms with Crippen LogP contribution in [0, 0.1) is 11.8 Å². The Hall–Kier alpha value is -0.610. The van der Waals surface area contributed by atoms with Crippen LogP contribution in [-0.4, -0.2) is 43.7 Å². The molecule has 0 aromatic heterocycles. The maximum Gasteiger partial charge on any atom is 0.239 e. The van der Waals surface area contributed by atoms with Crippen LogP contribution in [0.1, 0.15) is 20.3 Å². The topological polar surface area (TPSA) is 55.6 Å². The second-order valence-electron chi connectivity index (χ2n) is 4.66. The van der Waals surface area contributed by atoms with Crippen LogP contribution in [0.4, 0.5) is 0 Å². The first kappa shape index (κ1) is 12.5. The molecule has 0 bridgehead atoms. The van der Waals surface area contributed by atoms with Gasteiger partial charge in [-0.2, -0.15) is 0 Å². The van der Waals surface area contributed by atoms with Gasteiger partial charge in [-0.1, -0.05) is 13.8 Å². The Balaban J connectivity index is 2.43. The molecule has 1 heterocycles. The molecule has 1 aliphatic rings. The minimum Gasteiger partial charge on any atom is -0.384 e. The smallest absolute Gasteiger partial charge is 0.239 e. The van der Waals surface area contributed by atoms with E-state index < -0.39 is 0 Å². The predicted molar refractivity (Wildman–Crippen MR) is 59.4 cm³/mol. The van der Waals surface area contributed by atoms with Gasteiger partial charge in [0.25, 0.3) is 0 Å². The Bertz CT molecular complexity index is 219. The highest BCUT2D eigenvalue weighted by Crippen LogP contribution is 2.18. The van der Waals surface area contributed by atoms with Crippen LogP contribution in [-0.2, 0) is 9.53 Å². The maximum absolute atomic E-state index is 11.9. The van der Waals surface area contributed by atoms with Gasteiger partial charge in [0.05, 0.1) is 12.6 Å².